The Labute approximate surface area is 114 Å². The largest absolute Gasteiger partial charge is 0.363 e. The number of aryl methyl sites for hydroxylation is 2. The van der Waals surface area contributed by atoms with Crippen LogP contribution in [0.1, 0.15) is 28.3 Å². The first-order valence-corrected chi connectivity index (χ1v) is 7.12. The molecule has 17 heavy (non-hydrogen) atoms. The van der Waals surface area contributed by atoms with Gasteiger partial charge in [-0.25, -0.2) is 4.98 Å². The molecule has 0 spiro atoms. The molecule has 0 saturated carbocycles. The van der Waals surface area contributed by atoms with Crippen LogP contribution >= 0.6 is 27.3 Å². The van der Waals surface area contributed by atoms with E-state index in [-0.39, 0.29) is 0 Å². The Morgan fingerprint density at radius 1 is 1.35 bits per heavy atom. The van der Waals surface area contributed by atoms with Gasteiger partial charge in [-0.15, -0.1) is 11.3 Å². The Bertz CT molecular complexity index is 522. The molecule has 90 valence electrons. The number of nitrogens with one attached hydrogen (secondary N) is 1. The van der Waals surface area contributed by atoms with Crippen LogP contribution in [-0.2, 0) is 0 Å². The third kappa shape index (κ3) is 3.07. The summed E-state index contributed by atoms with van der Waals surface area (Å²) in [6, 6.07) is 6.69. The monoisotopic (exact) mass is 310 g/mol. The summed E-state index contributed by atoms with van der Waals surface area (Å²) in [5.41, 5.74) is 1.15. The molecule has 2 aromatic rings. The maximum absolute atomic E-state index is 4.40. The first kappa shape index (κ1) is 12.6. The molecule has 2 heterocycles. The highest BCUT2D eigenvalue weighted by molar-refractivity contribution is 9.10. The van der Waals surface area contributed by atoms with Crippen LogP contribution in [0.25, 0.3) is 0 Å². The summed E-state index contributed by atoms with van der Waals surface area (Å²) < 4.78 is 1.01. The molecular weight excluding hydrogens is 296 g/mol. The predicted molar refractivity (Wildman–Crippen MR) is 77.8 cm³/mol. The van der Waals surface area contributed by atoms with Gasteiger partial charge in [0.05, 0.1) is 6.04 Å². The zero-order valence-electron chi connectivity index (χ0n) is 10.1. The van der Waals surface area contributed by atoms with E-state index in [1.165, 1.54) is 9.75 Å². The second-order valence-corrected chi connectivity index (χ2v) is 6.37. The topological polar surface area (TPSA) is 24.9 Å². The summed E-state index contributed by atoms with van der Waals surface area (Å²) in [6.07, 6.45) is 1.82. The summed E-state index contributed by atoms with van der Waals surface area (Å²) in [5.74, 6) is 0.951. The standard InChI is InChI=1S/C13H15BrN2S/c1-8-6-11(14)7-15-13(8)16-10(3)12-5-4-9(2)17-12/h4-7,10H,1-3H3,(H,15,16). The van der Waals surface area contributed by atoms with Crippen LogP contribution in [-0.4, -0.2) is 4.98 Å². The van der Waals surface area contributed by atoms with Gasteiger partial charge in [0.25, 0.3) is 0 Å². The maximum Gasteiger partial charge on any atom is 0.129 e. The van der Waals surface area contributed by atoms with Crippen molar-refractivity contribution in [2.75, 3.05) is 5.32 Å². The number of hydrogen-bond donors (Lipinski definition) is 1. The molecule has 2 aromatic heterocycles. The maximum atomic E-state index is 4.40. The van der Waals surface area contributed by atoms with Crippen LogP contribution in [0.2, 0.25) is 0 Å². The van der Waals surface area contributed by atoms with Gasteiger partial charge < -0.3 is 5.32 Å². The van der Waals surface area contributed by atoms with Crippen molar-refractivity contribution in [1.82, 2.24) is 4.98 Å². The average molecular weight is 311 g/mol. The van der Waals surface area contributed by atoms with Crippen LogP contribution in [0.3, 0.4) is 0 Å². The van der Waals surface area contributed by atoms with Crippen molar-refractivity contribution in [2.45, 2.75) is 26.8 Å². The molecule has 0 bridgehead atoms. The van der Waals surface area contributed by atoms with Crippen molar-refractivity contribution < 1.29 is 0 Å². The summed E-state index contributed by atoms with van der Waals surface area (Å²) in [5, 5.41) is 3.45. The van der Waals surface area contributed by atoms with E-state index in [0.717, 1.165) is 15.9 Å². The number of anilines is 1. The minimum atomic E-state index is 0.293. The molecule has 0 aliphatic carbocycles. The van der Waals surface area contributed by atoms with Gasteiger partial charge in [-0.2, -0.15) is 0 Å². The van der Waals surface area contributed by atoms with Gasteiger partial charge in [-0.1, -0.05) is 0 Å². The van der Waals surface area contributed by atoms with Gasteiger partial charge in [0.2, 0.25) is 0 Å². The van der Waals surface area contributed by atoms with Gasteiger partial charge in [-0.05, 0) is 60.5 Å². The second-order valence-electron chi connectivity index (χ2n) is 4.13. The van der Waals surface area contributed by atoms with E-state index in [1.54, 1.807) is 0 Å². The molecule has 0 aromatic carbocycles. The van der Waals surface area contributed by atoms with Gasteiger partial charge in [0.15, 0.2) is 0 Å². The van der Waals surface area contributed by atoms with Gasteiger partial charge in [0, 0.05) is 20.4 Å². The normalized spacial score (nSPS) is 12.5. The Morgan fingerprint density at radius 3 is 2.71 bits per heavy atom. The van der Waals surface area contributed by atoms with Crippen LogP contribution in [0, 0.1) is 13.8 Å². The highest BCUT2D eigenvalue weighted by Gasteiger charge is 2.09. The molecule has 0 aliphatic rings. The van der Waals surface area contributed by atoms with Crippen molar-refractivity contribution >= 4 is 33.1 Å². The fourth-order valence-corrected chi connectivity index (χ4v) is 2.98. The quantitative estimate of drug-likeness (QED) is 0.889. The van der Waals surface area contributed by atoms with Crippen LogP contribution in [0.15, 0.2) is 28.9 Å². The lowest BCUT2D eigenvalue weighted by Gasteiger charge is -2.14. The summed E-state index contributed by atoms with van der Waals surface area (Å²) >= 11 is 5.25. The lowest BCUT2D eigenvalue weighted by atomic mass is 10.2. The molecule has 1 atom stereocenters. The molecule has 2 nitrogen and oxygen atoms in total. The van der Waals surface area contributed by atoms with Gasteiger partial charge in [0.1, 0.15) is 5.82 Å². The molecule has 0 amide bonds. The fraction of sp³-hybridized carbons (Fsp3) is 0.308. The highest BCUT2D eigenvalue weighted by atomic mass is 79.9. The summed E-state index contributed by atoms with van der Waals surface area (Å²) in [6.45, 7) is 6.35. The van der Waals surface area contributed by atoms with E-state index < -0.39 is 0 Å². The number of thiophene rings is 1. The zero-order valence-corrected chi connectivity index (χ0v) is 12.5. The lowest BCUT2D eigenvalue weighted by Crippen LogP contribution is -2.07. The van der Waals surface area contributed by atoms with Crippen molar-refractivity contribution in [1.29, 1.82) is 0 Å². The summed E-state index contributed by atoms with van der Waals surface area (Å²) in [4.78, 5) is 7.08. The predicted octanol–water partition coefficient (Wildman–Crippen LogP) is 4.70. The Balaban J connectivity index is 2.15. The van der Waals surface area contributed by atoms with Crippen LogP contribution in [0.4, 0.5) is 5.82 Å². The van der Waals surface area contributed by atoms with Crippen LogP contribution < -0.4 is 5.32 Å². The van der Waals surface area contributed by atoms with E-state index in [1.807, 2.05) is 17.5 Å². The minimum absolute atomic E-state index is 0.293. The number of rotatable bonds is 3. The second kappa shape index (κ2) is 5.19. The van der Waals surface area contributed by atoms with E-state index in [2.05, 4.69) is 65.2 Å². The van der Waals surface area contributed by atoms with Gasteiger partial charge >= 0.3 is 0 Å². The van der Waals surface area contributed by atoms with E-state index in [9.17, 15) is 0 Å². The highest BCUT2D eigenvalue weighted by Crippen LogP contribution is 2.26. The van der Waals surface area contributed by atoms with Crippen molar-refractivity contribution in [3.63, 3.8) is 0 Å². The number of halogens is 1. The van der Waals surface area contributed by atoms with Crippen molar-refractivity contribution in [3.8, 4) is 0 Å². The Morgan fingerprint density at radius 2 is 2.12 bits per heavy atom. The van der Waals surface area contributed by atoms with E-state index in [0.29, 0.717) is 6.04 Å². The number of pyridine rings is 1. The molecule has 0 saturated heterocycles. The van der Waals surface area contributed by atoms with Crippen LogP contribution in [0.5, 0.6) is 0 Å². The number of hydrogen-bond acceptors (Lipinski definition) is 3. The summed E-state index contributed by atoms with van der Waals surface area (Å²) in [7, 11) is 0. The molecule has 1 unspecified atom stereocenters. The first-order valence-electron chi connectivity index (χ1n) is 5.51. The molecule has 1 N–H and O–H groups in total. The van der Waals surface area contributed by atoms with Crippen molar-refractivity contribution in [2.24, 2.45) is 0 Å². The minimum Gasteiger partial charge on any atom is -0.363 e. The molecular formula is C13H15BrN2S. The number of aromatic nitrogens is 1. The molecule has 4 heteroatoms. The van der Waals surface area contributed by atoms with E-state index in [4.69, 9.17) is 0 Å². The Hall–Kier alpha value is -0.870. The molecule has 2 rings (SSSR count). The Kier molecular flexibility index (Phi) is 3.84. The van der Waals surface area contributed by atoms with E-state index >= 15 is 0 Å². The fourth-order valence-electron chi connectivity index (χ4n) is 1.65. The molecule has 0 aliphatic heterocycles. The molecule has 0 fully saturated rings. The SMILES string of the molecule is Cc1ccc(C(C)Nc2ncc(Br)cc2C)s1. The zero-order chi connectivity index (χ0) is 12.4. The smallest absolute Gasteiger partial charge is 0.129 e. The average Bonchev–Trinajstić information content (AvgIpc) is 2.69. The third-order valence-electron chi connectivity index (χ3n) is 2.59. The third-order valence-corrected chi connectivity index (χ3v) is 4.20. The van der Waals surface area contributed by atoms with Gasteiger partial charge in [-0.3, -0.25) is 0 Å². The molecule has 0 radical (unpaired) electrons. The lowest BCUT2D eigenvalue weighted by molar-refractivity contribution is 0.892. The first-order chi connectivity index (χ1) is 8.06. The van der Waals surface area contributed by atoms with Crippen molar-refractivity contribution in [3.05, 3.63) is 44.2 Å². The number of nitrogens with zero attached hydrogens (tertiary/aromatic N) is 1.